The van der Waals surface area contributed by atoms with Gasteiger partial charge in [-0.1, -0.05) is 0 Å². The quantitative estimate of drug-likeness (QED) is 0.259. The monoisotopic (exact) mass is 333 g/mol. The van der Waals surface area contributed by atoms with E-state index in [1.165, 1.54) is 0 Å². The first-order chi connectivity index (χ1) is 10.8. The van der Waals surface area contributed by atoms with Crippen LogP contribution in [-0.2, 0) is 14.4 Å². The summed E-state index contributed by atoms with van der Waals surface area (Å²) >= 11 is 0. The molecule has 0 saturated carbocycles. The Morgan fingerprint density at radius 2 is 1.39 bits per heavy atom. The van der Waals surface area contributed by atoms with Crippen molar-refractivity contribution in [2.24, 2.45) is 0 Å². The standard InChI is InChI=1S/C13H23N3O7/c1-14-7-3-2-4-8(11(19)20)15-13(23)16-9(12(21)22)5-6-10(17)18/h8-9,14H,2-7H2,1H3,(H,17,18)(H,19,20)(H,21,22)(H2,15,16,23)/t8-,9+/m1/s1. The summed E-state index contributed by atoms with van der Waals surface area (Å²) in [5.41, 5.74) is 0. The number of carbonyl (C=O) groups excluding carboxylic acids is 1. The zero-order chi connectivity index (χ0) is 17.8. The fourth-order valence-electron chi connectivity index (χ4n) is 1.79. The van der Waals surface area contributed by atoms with Gasteiger partial charge in [-0.2, -0.15) is 0 Å². The smallest absolute Gasteiger partial charge is 0.326 e. The highest BCUT2D eigenvalue weighted by molar-refractivity contribution is 5.86. The normalized spacial score (nSPS) is 12.9. The Balaban J connectivity index is 4.44. The van der Waals surface area contributed by atoms with Crippen molar-refractivity contribution in [3.63, 3.8) is 0 Å². The number of carbonyl (C=O) groups is 4. The first-order valence-electron chi connectivity index (χ1n) is 7.17. The summed E-state index contributed by atoms with van der Waals surface area (Å²) in [6, 6.07) is -3.49. The molecule has 132 valence electrons. The van der Waals surface area contributed by atoms with Gasteiger partial charge in [0.2, 0.25) is 0 Å². The summed E-state index contributed by atoms with van der Waals surface area (Å²) in [4.78, 5) is 44.2. The van der Waals surface area contributed by atoms with Gasteiger partial charge in [0, 0.05) is 6.42 Å². The second-order valence-electron chi connectivity index (χ2n) is 4.93. The maximum absolute atomic E-state index is 11.7. The third-order valence-electron chi connectivity index (χ3n) is 3.02. The van der Waals surface area contributed by atoms with Crippen LogP contribution in [0.15, 0.2) is 0 Å². The number of urea groups is 1. The number of hydrogen-bond acceptors (Lipinski definition) is 5. The molecular formula is C13H23N3O7. The molecule has 0 spiro atoms. The van der Waals surface area contributed by atoms with Crippen LogP contribution < -0.4 is 16.0 Å². The van der Waals surface area contributed by atoms with E-state index >= 15 is 0 Å². The molecule has 6 N–H and O–H groups in total. The van der Waals surface area contributed by atoms with Crippen molar-refractivity contribution >= 4 is 23.9 Å². The molecular weight excluding hydrogens is 310 g/mol. The van der Waals surface area contributed by atoms with Crippen LogP contribution in [0.4, 0.5) is 4.79 Å². The number of nitrogens with one attached hydrogen (secondary N) is 3. The predicted octanol–water partition coefficient (Wildman–Crippen LogP) is -0.553. The molecule has 0 aliphatic carbocycles. The maximum Gasteiger partial charge on any atom is 0.326 e. The summed E-state index contributed by atoms with van der Waals surface area (Å²) in [6.07, 6.45) is 0.790. The molecule has 0 fully saturated rings. The Kier molecular flexibility index (Phi) is 10.1. The molecule has 10 heteroatoms. The van der Waals surface area contributed by atoms with Crippen molar-refractivity contribution in [2.45, 2.75) is 44.2 Å². The number of carboxylic acids is 3. The Bertz CT molecular complexity index is 428. The summed E-state index contributed by atoms with van der Waals surface area (Å²) in [7, 11) is 1.77. The second-order valence-corrected chi connectivity index (χ2v) is 4.93. The molecule has 10 nitrogen and oxygen atoms in total. The van der Waals surface area contributed by atoms with Gasteiger partial charge in [-0.3, -0.25) is 4.79 Å². The first kappa shape index (κ1) is 20.6. The van der Waals surface area contributed by atoms with E-state index < -0.39 is 42.4 Å². The minimum atomic E-state index is -1.40. The van der Waals surface area contributed by atoms with Gasteiger partial charge < -0.3 is 31.3 Å². The summed E-state index contributed by atoms with van der Waals surface area (Å²) in [5.74, 6) is -3.80. The zero-order valence-corrected chi connectivity index (χ0v) is 12.9. The minimum Gasteiger partial charge on any atom is -0.481 e. The van der Waals surface area contributed by atoms with E-state index in [1.807, 2.05) is 0 Å². The second kappa shape index (κ2) is 11.2. The van der Waals surface area contributed by atoms with Crippen LogP contribution in [0.5, 0.6) is 0 Å². The van der Waals surface area contributed by atoms with Crippen molar-refractivity contribution in [2.75, 3.05) is 13.6 Å². The van der Waals surface area contributed by atoms with Crippen LogP contribution in [-0.4, -0.2) is 64.9 Å². The Morgan fingerprint density at radius 3 is 1.83 bits per heavy atom. The Hall–Kier alpha value is -2.36. The molecule has 0 rings (SSSR count). The predicted molar refractivity (Wildman–Crippen MR) is 79.2 cm³/mol. The van der Waals surface area contributed by atoms with Gasteiger partial charge in [0.15, 0.2) is 0 Å². The molecule has 0 unspecified atom stereocenters. The summed E-state index contributed by atoms with van der Waals surface area (Å²) < 4.78 is 0. The first-order valence-corrected chi connectivity index (χ1v) is 7.17. The molecule has 0 aliphatic heterocycles. The SMILES string of the molecule is CNCCCC[C@@H](NC(=O)N[C@@H](CCC(=O)O)C(=O)O)C(=O)O. The molecule has 0 aromatic heterocycles. The van der Waals surface area contributed by atoms with E-state index in [0.717, 1.165) is 13.0 Å². The van der Waals surface area contributed by atoms with Crippen LogP contribution in [0.3, 0.4) is 0 Å². The van der Waals surface area contributed by atoms with Gasteiger partial charge in [0.1, 0.15) is 12.1 Å². The van der Waals surface area contributed by atoms with Crippen LogP contribution in [0.25, 0.3) is 0 Å². The van der Waals surface area contributed by atoms with Crippen molar-refractivity contribution in [3.8, 4) is 0 Å². The van der Waals surface area contributed by atoms with Crippen LogP contribution in [0, 0.1) is 0 Å². The Labute approximate surface area is 133 Å². The molecule has 2 atom stereocenters. The van der Waals surface area contributed by atoms with E-state index in [2.05, 4.69) is 16.0 Å². The van der Waals surface area contributed by atoms with E-state index in [-0.39, 0.29) is 12.8 Å². The fourth-order valence-corrected chi connectivity index (χ4v) is 1.79. The van der Waals surface area contributed by atoms with Crippen LogP contribution in [0.1, 0.15) is 32.1 Å². The van der Waals surface area contributed by atoms with Crippen molar-refractivity contribution < 1.29 is 34.5 Å². The molecule has 0 radical (unpaired) electrons. The number of unbranched alkanes of at least 4 members (excludes halogenated alkanes) is 1. The average Bonchev–Trinajstić information content (AvgIpc) is 2.45. The van der Waals surface area contributed by atoms with Gasteiger partial charge in [-0.05, 0) is 39.3 Å². The third-order valence-corrected chi connectivity index (χ3v) is 3.02. The van der Waals surface area contributed by atoms with Gasteiger partial charge in [-0.15, -0.1) is 0 Å². The molecule has 0 aromatic carbocycles. The summed E-state index contributed by atoms with van der Waals surface area (Å²) in [6.45, 7) is 0.717. The van der Waals surface area contributed by atoms with E-state index in [0.29, 0.717) is 6.42 Å². The average molecular weight is 333 g/mol. The topological polar surface area (TPSA) is 165 Å². The lowest BCUT2D eigenvalue weighted by molar-refractivity contribution is -0.140. The molecule has 23 heavy (non-hydrogen) atoms. The number of amides is 2. The van der Waals surface area contributed by atoms with Gasteiger partial charge in [-0.25, -0.2) is 14.4 Å². The molecule has 0 bridgehead atoms. The van der Waals surface area contributed by atoms with E-state index in [1.54, 1.807) is 7.05 Å². The Morgan fingerprint density at radius 1 is 0.870 bits per heavy atom. The van der Waals surface area contributed by atoms with Crippen molar-refractivity contribution in [3.05, 3.63) is 0 Å². The van der Waals surface area contributed by atoms with Gasteiger partial charge in [0.25, 0.3) is 0 Å². The van der Waals surface area contributed by atoms with Crippen LogP contribution >= 0.6 is 0 Å². The maximum atomic E-state index is 11.7. The highest BCUT2D eigenvalue weighted by atomic mass is 16.4. The van der Waals surface area contributed by atoms with E-state index in [4.69, 9.17) is 15.3 Å². The number of carboxylic acid groups (broad SMARTS) is 3. The number of aliphatic carboxylic acids is 3. The van der Waals surface area contributed by atoms with Crippen LogP contribution in [0.2, 0.25) is 0 Å². The minimum absolute atomic E-state index is 0.206. The number of hydrogen-bond donors (Lipinski definition) is 6. The number of rotatable bonds is 12. The zero-order valence-electron chi connectivity index (χ0n) is 12.9. The lowest BCUT2D eigenvalue weighted by Crippen LogP contribution is -2.51. The highest BCUT2D eigenvalue weighted by Crippen LogP contribution is 2.02. The van der Waals surface area contributed by atoms with Crippen molar-refractivity contribution in [1.29, 1.82) is 0 Å². The highest BCUT2D eigenvalue weighted by Gasteiger charge is 2.24. The molecule has 0 saturated heterocycles. The summed E-state index contributed by atoms with van der Waals surface area (Å²) in [5, 5.41) is 33.7. The lowest BCUT2D eigenvalue weighted by Gasteiger charge is -2.18. The fraction of sp³-hybridized carbons (Fsp3) is 0.692. The van der Waals surface area contributed by atoms with Crippen molar-refractivity contribution in [1.82, 2.24) is 16.0 Å². The van der Waals surface area contributed by atoms with E-state index in [9.17, 15) is 19.2 Å². The van der Waals surface area contributed by atoms with Gasteiger partial charge in [0.05, 0.1) is 0 Å². The molecule has 0 heterocycles. The lowest BCUT2D eigenvalue weighted by atomic mass is 10.1. The largest absolute Gasteiger partial charge is 0.481 e. The molecule has 2 amide bonds. The molecule has 0 aromatic rings. The van der Waals surface area contributed by atoms with Gasteiger partial charge >= 0.3 is 23.9 Å². The molecule has 0 aliphatic rings. The third kappa shape index (κ3) is 10.1.